The van der Waals surface area contributed by atoms with E-state index in [0.29, 0.717) is 6.42 Å². The molecule has 2 aliphatic heterocycles. The van der Waals surface area contributed by atoms with Crippen molar-refractivity contribution in [1.29, 1.82) is 0 Å². The summed E-state index contributed by atoms with van der Waals surface area (Å²) < 4.78 is 5.83. The third-order valence-corrected chi connectivity index (χ3v) is 4.99. The predicted molar refractivity (Wildman–Crippen MR) is 110 cm³/mol. The number of nitrogens with one attached hydrogen (secondary N) is 1. The van der Waals surface area contributed by atoms with Crippen molar-refractivity contribution in [2.24, 2.45) is 5.16 Å². The Labute approximate surface area is 165 Å². The van der Waals surface area contributed by atoms with Gasteiger partial charge < -0.3 is 19.8 Å². The molecule has 1 amide bonds. The predicted octanol–water partition coefficient (Wildman–Crippen LogP) is 3.43. The maximum absolute atomic E-state index is 12.8. The van der Waals surface area contributed by atoms with E-state index in [1.807, 2.05) is 54.6 Å². The molecule has 6 heteroatoms. The Kier molecular flexibility index (Phi) is 5.30. The summed E-state index contributed by atoms with van der Waals surface area (Å²) in [6, 6.07) is 17.7. The molecule has 3 atom stereocenters. The minimum absolute atomic E-state index is 0.146. The summed E-state index contributed by atoms with van der Waals surface area (Å²) >= 11 is 0. The minimum Gasteiger partial charge on any atom is -0.382 e. The number of rotatable bonds is 4. The summed E-state index contributed by atoms with van der Waals surface area (Å²) in [5.74, 6) is -0.184. The van der Waals surface area contributed by atoms with Crippen molar-refractivity contribution < 1.29 is 14.4 Å². The first-order chi connectivity index (χ1) is 13.6. The maximum Gasteiger partial charge on any atom is 0.268 e. The Balaban J connectivity index is 1.45. The summed E-state index contributed by atoms with van der Waals surface area (Å²) in [7, 11) is 0. The van der Waals surface area contributed by atoms with Crippen LogP contribution in [0.25, 0.3) is 0 Å². The highest BCUT2D eigenvalue weighted by atomic mass is 16.6. The van der Waals surface area contributed by atoms with Crippen LogP contribution in [0.2, 0.25) is 0 Å². The molecule has 4 rings (SSSR count). The third kappa shape index (κ3) is 4.02. The van der Waals surface area contributed by atoms with E-state index in [2.05, 4.69) is 29.2 Å². The number of carbonyl (C=O) groups is 1. The fourth-order valence-corrected chi connectivity index (χ4v) is 3.76. The lowest BCUT2D eigenvalue weighted by Crippen LogP contribution is -2.45. The second kappa shape index (κ2) is 8.02. The molecular weight excluding hydrogens is 354 g/mol. The zero-order valence-electron chi connectivity index (χ0n) is 16.2. The summed E-state index contributed by atoms with van der Waals surface area (Å²) in [5, 5.41) is 7.14. The van der Waals surface area contributed by atoms with Crippen molar-refractivity contribution in [2.45, 2.75) is 38.6 Å². The maximum atomic E-state index is 12.8. The summed E-state index contributed by atoms with van der Waals surface area (Å²) in [6.45, 7) is 5.72. The van der Waals surface area contributed by atoms with E-state index < -0.39 is 6.10 Å². The molecule has 2 aromatic rings. The number of morpholine rings is 1. The van der Waals surface area contributed by atoms with Gasteiger partial charge in [0.2, 0.25) is 6.10 Å². The van der Waals surface area contributed by atoms with E-state index in [1.54, 1.807) is 0 Å². The average molecular weight is 379 g/mol. The molecule has 2 aliphatic rings. The molecule has 1 N–H and O–H groups in total. The number of oxime groups is 1. The van der Waals surface area contributed by atoms with Crippen molar-refractivity contribution in [3.63, 3.8) is 0 Å². The molecule has 0 aromatic heterocycles. The highest BCUT2D eigenvalue weighted by Crippen LogP contribution is 2.29. The normalized spacial score (nSPS) is 24.4. The lowest BCUT2D eigenvalue weighted by Gasteiger charge is -2.37. The van der Waals surface area contributed by atoms with Gasteiger partial charge in [-0.05, 0) is 31.5 Å². The van der Waals surface area contributed by atoms with Crippen LogP contribution >= 0.6 is 0 Å². The number of nitrogens with zero attached hydrogens (tertiary/aromatic N) is 2. The van der Waals surface area contributed by atoms with Gasteiger partial charge in [-0.3, -0.25) is 4.79 Å². The summed E-state index contributed by atoms with van der Waals surface area (Å²) in [6.07, 6.45) is 0.134. The third-order valence-electron chi connectivity index (χ3n) is 4.99. The molecule has 1 fully saturated rings. The molecule has 2 aromatic carbocycles. The summed E-state index contributed by atoms with van der Waals surface area (Å²) in [5.41, 5.74) is 3.56. The van der Waals surface area contributed by atoms with Crippen molar-refractivity contribution >= 4 is 23.0 Å². The zero-order chi connectivity index (χ0) is 19.5. The zero-order valence-corrected chi connectivity index (χ0v) is 16.2. The van der Waals surface area contributed by atoms with Gasteiger partial charge in [0, 0.05) is 19.5 Å². The van der Waals surface area contributed by atoms with Gasteiger partial charge in [0.25, 0.3) is 5.91 Å². The standard InChI is InChI=1S/C22H25N3O3/c1-15-13-25(14-16(2)27-15)20-11-7-6-10-18(20)23-22(26)21-12-19(24-28-21)17-8-4-3-5-9-17/h3-11,15-16,21H,12-14H2,1-2H3,(H,23,26)/t15-,16+,21-/m0/s1. The van der Waals surface area contributed by atoms with Gasteiger partial charge in [0.15, 0.2) is 0 Å². The van der Waals surface area contributed by atoms with Crippen LogP contribution in [0.4, 0.5) is 11.4 Å². The molecule has 0 saturated carbocycles. The first-order valence-electron chi connectivity index (χ1n) is 9.68. The van der Waals surface area contributed by atoms with Gasteiger partial charge in [-0.15, -0.1) is 0 Å². The van der Waals surface area contributed by atoms with Crippen LogP contribution in [0.15, 0.2) is 59.8 Å². The molecule has 0 unspecified atom stereocenters. The topological polar surface area (TPSA) is 63.2 Å². The van der Waals surface area contributed by atoms with E-state index in [0.717, 1.165) is 35.7 Å². The number of carbonyl (C=O) groups excluding carboxylic acids is 1. The summed E-state index contributed by atoms with van der Waals surface area (Å²) in [4.78, 5) is 20.5. The number of para-hydroxylation sites is 2. The van der Waals surface area contributed by atoms with Gasteiger partial charge in [-0.25, -0.2) is 0 Å². The number of ether oxygens (including phenoxy) is 1. The van der Waals surface area contributed by atoms with Crippen LogP contribution < -0.4 is 10.2 Å². The fraction of sp³-hybridized carbons (Fsp3) is 0.364. The largest absolute Gasteiger partial charge is 0.382 e. The molecule has 0 bridgehead atoms. The number of benzene rings is 2. The molecule has 146 valence electrons. The molecular formula is C22H25N3O3. The lowest BCUT2D eigenvalue weighted by molar-refractivity contribution is -0.125. The molecule has 0 spiro atoms. The van der Waals surface area contributed by atoms with Gasteiger partial charge in [-0.2, -0.15) is 0 Å². The van der Waals surface area contributed by atoms with E-state index in [-0.39, 0.29) is 18.1 Å². The molecule has 1 saturated heterocycles. The minimum atomic E-state index is -0.620. The molecule has 28 heavy (non-hydrogen) atoms. The monoisotopic (exact) mass is 379 g/mol. The van der Waals surface area contributed by atoms with Crippen LogP contribution in [0.1, 0.15) is 25.8 Å². The lowest BCUT2D eigenvalue weighted by atomic mass is 10.0. The first-order valence-corrected chi connectivity index (χ1v) is 9.68. The highest BCUT2D eigenvalue weighted by Gasteiger charge is 2.30. The van der Waals surface area contributed by atoms with Gasteiger partial charge >= 0.3 is 0 Å². The number of hydrogen-bond donors (Lipinski definition) is 1. The van der Waals surface area contributed by atoms with E-state index >= 15 is 0 Å². The van der Waals surface area contributed by atoms with E-state index in [1.165, 1.54) is 0 Å². The van der Waals surface area contributed by atoms with Crippen LogP contribution in [-0.4, -0.2) is 43.0 Å². The van der Waals surface area contributed by atoms with Gasteiger partial charge in [0.1, 0.15) is 0 Å². The van der Waals surface area contributed by atoms with Crippen LogP contribution in [0.5, 0.6) is 0 Å². The quantitative estimate of drug-likeness (QED) is 0.884. The van der Waals surface area contributed by atoms with Crippen molar-refractivity contribution in [3.05, 3.63) is 60.2 Å². The molecule has 6 nitrogen and oxygen atoms in total. The molecule has 0 aliphatic carbocycles. The van der Waals surface area contributed by atoms with Crippen LogP contribution in [0.3, 0.4) is 0 Å². The van der Waals surface area contributed by atoms with Crippen LogP contribution in [-0.2, 0) is 14.4 Å². The Morgan fingerprint density at radius 2 is 1.71 bits per heavy atom. The Bertz CT molecular complexity index is 858. The Morgan fingerprint density at radius 3 is 2.46 bits per heavy atom. The fourth-order valence-electron chi connectivity index (χ4n) is 3.76. The highest BCUT2D eigenvalue weighted by molar-refractivity contribution is 6.06. The Morgan fingerprint density at radius 1 is 1.04 bits per heavy atom. The Hall–Kier alpha value is -2.86. The van der Waals surface area contributed by atoms with E-state index in [9.17, 15) is 4.79 Å². The molecule has 2 heterocycles. The average Bonchev–Trinajstić information content (AvgIpc) is 3.19. The second-order valence-corrected chi connectivity index (χ2v) is 7.37. The van der Waals surface area contributed by atoms with Gasteiger partial charge in [-0.1, -0.05) is 47.6 Å². The van der Waals surface area contributed by atoms with E-state index in [4.69, 9.17) is 9.57 Å². The van der Waals surface area contributed by atoms with Crippen molar-refractivity contribution in [3.8, 4) is 0 Å². The van der Waals surface area contributed by atoms with Crippen LogP contribution in [0, 0.1) is 0 Å². The number of hydrogen-bond acceptors (Lipinski definition) is 5. The SMILES string of the molecule is C[C@@H]1CN(c2ccccc2NC(=O)[C@@H]2CC(c3ccccc3)=NO2)C[C@H](C)O1. The second-order valence-electron chi connectivity index (χ2n) is 7.37. The molecule has 0 radical (unpaired) electrons. The number of amides is 1. The first kappa shape index (κ1) is 18.5. The van der Waals surface area contributed by atoms with Crippen molar-refractivity contribution in [1.82, 2.24) is 0 Å². The number of anilines is 2. The van der Waals surface area contributed by atoms with Gasteiger partial charge in [0.05, 0.1) is 29.3 Å². The smallest absolute Gasteiger partial charge is 0.268 e. The van der Waals surface area contributed by atoms with Crippen molar-refractivity contribution in [2.75, 3.05) is 23.3 Å².